The number of aromatic nitrogens is 2. The molecule has 2 aromatic rings. The van der Waals surface area contributed by atoms with Gasteiger partial charge < -0.3 is 14.3 Å². The summed E-state index contributed by atoms with van der Waals surface area (Å²) in [5.74, 6) is 0.608. The minimum atomic E-state index is -0.0518. The zero-order chi connectivity index (χ0) is 14.8. The van der Waals surface area contributed by atoms with Gasteiger partial charge in [0.25, 0.3) is 5.91 Å². The fourth-order valence-corrected chi connectivity index (χ4v) is 3.28. The van der Waals surface area contributed by atoms with Crippen molar-refractivity contribution in [3.8, 4) is 0 Å². The summed E-state index contributed by atoms with van der Waals surface area (Å²) in [5, 5.41) is 6.91. The van der Waals surface area contributed by atoms with Crippen LogP contribution in [0.4, 0.5) is 5.13 Å². The van der Waals surface area contributed by atoms with Gasteiger partial charge in [-0.1, -0.05) is 5.16 Å². The molecular weight excluding hydrogens is 288 g/mol. The smallest absolute Gasteiger partial charge is 0.276 e. The largest absolute Gasteiger partial charge is 0.361 e. The lowest BCUT2D eigenvalue weighted by atomic mass is 10.3. The van der Waals surface area contributed by atoms with Crippen LogP contribution in [-0.2, 0) is 0 Å². The number of nitrogens with zero attached hydrogens (tertiary/aromatic N) is 4. The summed E-state index contributed by atoms with van der Waals surface area (Å²) >= 11 is 1.66. The van der Waals surface area contributed by atoms with Gasteiger partial charge in [-0.05, 0) is 20.3 Å². The van der Waals surface area contributed by atoms with E-state index < -0.39 is 0 Å². The molecule has 0 saturated carbocycles. The van der Waals surface area contributed by atoms with E-state index in [9.17, 15) is 4.79 Å². The second-order valence-corrected chi connectivity index (χ2v) is 6.06. The van der Waals surface area contributed by atoms with Gasteiger partial charge in [-0.3, -0.25) is 4.79 Å². The van der Waals surface area contributed by atoms with Gasteiger partial charge in [-0.25, -0.2) is 4.98 Å². The van der Waals surface area contributed by atoms with Crippen LogP contribution in [0.2, 0.25) is 0 Å². The molecule has 0 radical (unpaired) electrons. The lowest BCUT2D eigenvalue weighted by Gasteiger charge is -2.20. The van der Waals surface area contributed by atoms with Gasteiger partial charge in [0.2, 0.25) is 0 Å². The molecule has 0 spiro atoms. The number of amides is 1. The van der Waals surface area contributed by atoms with Gasteiger partial charge in [0.15, 0.2) is 10.8 Å². The fourth-order valence-electron chi connectivity index (χ4n) is 2.43. The summed E-state index contributed by atoms with van der Waals surface area (Å²) in [6.07, 6.45) is 0.932. The van der Waals surface area contributed by atoms with Crippen molar-refractivity contribution in [2.24, 2.45) is 0 Å². The van der Waals surface area contributed by atoms with Gasteiger partial charge in [0, 0.05) is 37.6 Å². The molecule has 1 fully saturated rings. The lowest BCUT2D eigenvalue weighted by Crippen LogP contribution is -2.35. The van der Waals surface area contributed by atoms with Gasteiger partial charge in [-0.2, -0.15) is 0 Å². The van der Waals surface area contributed by atoms with Crippen molar-refractivity contribution in [1.29, 1.82) is 0 Å². The summed E-state index contributed by atoms with van der Waals surface area (Å²) in [6.45, 7) is 6.94. The Morgan fingerprint density at radius 1 is 1.29 bits per heavy atom. The Balaban J connectivity index is 1.67. The highest BCUT2D eigenvalue weighted by Crippen LogP contribution is 2.21. The summed E-state index contributed by atoms with van der Waals surface area (Å²) in [5.41, 5.74) is 1.44. The van der Waals surface area contributed by atoms with Crippen LogP contribution in [-0.4, -0.2) is 47.1 Å². The van der Waals surface area contributed by atoms with E-state index >= 15 is 0 Å². The highest BCUT2D eigenvalue weighted by Gasteiger charge is 2.23. The van der Waals surface area contributed by atoms with Crippen LogP contribution in [0.5, 0.6) is 0 Å². The summed E-state index contributed by atoms with van der Waals surface area (Å²) in [7, 11) is 0. The second-order valence-electron chi connectivity index (χ2n) is 5.23. The maximum absolute atomic E-state index is 12.4. The molecule has 21 heavy (non-hydrogen) atoms. The normalized spacial score (nSPS) is 16.1. The van der Waals surface area contributed by atoms with E-state index in [2.05, 4.69) is 20.4 Å². The molecule has 0 bridgehead atoms. The number of thiazole rings is 1. The van der Waals surface area contributed by atoms with E-state index in [1.54, 1.807) is 24.3 Å². The summed E-state index contributed by atoms with van der Waals surface area (Å²) < 4.78 is 4.98. The maximum atomic E-state index is 12.4. The van der Waals surface area contributed by atoms with Gasteiger partial charge in [0.1, 0.15) is 5.76 Å². The number of rotatable bonds is 2. The topological polar surface area (TPSA) is 62.5 Å². The molecule has 112 valence electrons. The first kappa shape index (κ1) is 14.1. The first-order valence-corrected chi connectivity index (χ1v) is 7.91. The van der Waals surface area contributed by atoms with Crippen LogP contribution >= 0.6 is 11.3 Å². The van der Waals surface area contributed by atoms with Gasteiger partial charge in [0.05, 0.1) is 5.69 Å². The van der Waals surface area contributed by atoms with Crippen molar-refractivity contribution in [3.63, 3.8) is 0 Å². The lowest BCUT2D eigenvalue weighted by molar-refractivity contribution is 0.0756. The molecule has 1 saturated heterocycles. The van der Waals surface area contributed by atoms with Crippen molar-refractivity contribution in [2.75, 3.05) is 31.1 Å². The SMILES string of the molecule is Cc1csc(N2CCCN(C(=O)c3cc(C)on3)CC2)n1. The second kappa shape index (κ2) is 5.85. The maximum Gasteiger partial charge on any atom is 0.276 e. The minimum Gasteiger partial charge on any atom is -0.361 e. The molecular formula is C14H18N4O2S. The standard InChI is InChI=1S/C14H18N4O2S/c1-10-9-21-14(15-10)18-5-3-4-17(6-7-18)13(19)12-8-11(2)20-16-12/h8-9H,3-7H2,1-2H3. The van der Waals surface area contributed by atoms with Crippen LogP contribution in [0.25, 0.3) is 0 Å². The molecule has 3 heterocycles. The Hall–Kier alpha value is -1.89. The van der Waals surface area contributed by atoms with Crippen molar-refractivity contribution in [2.45, 2.75) is 20.3 Å². The molecule has 1 amide bonds. The highest BCUT2D eigenvalue weighted by molar-refractivity contribution is 7.13. The van der Waals surface area contributed by atoms with Crippen LogP contribution < -0.4 is 4.90 Å². The third-order valence-electron chi connectivity index (χ3n) is 3.51. The third kappa shape index (κ3) is 3.07. The molecule has 1 aliphatic heterocycles. The van der Waals surface area contributed by atoms with Gasteiger partial charge in [-0.15, -0.1) is 11.3 Å². The molecule has 1 aliphatic rings. The molecule has 7 heteroatoms. The average Bonchev–Trinajstić information content (AvgIpc) is 3.00. The van der Waals surface area contributed by atoms with Crippen molar-refractivity contribution < 1.29 is 9.32 Å². The molecule has 0 unspecified atom stereocenters. The monoisotopic (exact) mass is 306 g/mol. The first-order chi connectivity index (χ1) is 10.1. The Morgan fingerprint density at radius 2 is 2.14 bits per heavy atom. The number of aryl methyl sites for hydroxylation is 2. The van der Waals surface area contributed by atoms with Crippen molar-refractivity contribution in [1.82, 2.24) is 15.0 Å². The van der Waals surface area contributed by atoms with Crippen molar-refractivity contribution in [3.05, 3.63) is 28.6 Å². The number of carbonyl (C=O) groups excluding carboxylic acids is 1. The Morgan fingerprint density at radius 3 is 2.81 bits per heavy atom. The summed E-state index contributed by atoms with van der Waals surface area (Å²) in [6, 6.07) is 1.69. The zero-order valence-corrected chi connectivity index (χ0v) is 13.0. The highest BCUT2D eigenvalue weighted by atomic mass is 32.1. The van der Waals surface area contributed by atoms with Gasteiger partial charge >= 0.3 is 0 Å². The third-order valence-corrected chi connectivity index (χ3v) is 4.53. The fraction of sp³-hybridized carbons (Fsp3) is 0.500. The Bertz CT molecular complexity index is 636. The predicted octanol–water partition coefficient (Wildman–Crippen LogP) is 2.10. The number of carbonyl (C=O) groups is 1. The molecule has 6 nitrogen and oxygen atoms in total. The molecule has 0 atom stereocenters. The number of anilines is 1. The number of hydrogen-bond acceptors (Lipinski definition) is 6. The predicted molar refractivity (Wildman–Crippen MR) is 80.8 cm³/mol. The van der Waals surface area contributed by atoms with Crippen molar-refractivity contribution >= 4 is 22.4 Å². The molecule has 0 N–H and O–H groups in total. The average molecular weight is 306 g/mol. The molecule has 0 aliphatic carbocycles. The Labute approximate surface area is 127 Å². The van der Waals surface area contributed by atoms with E-state index in [0.717, 1.165) is 36.9 Å². The molecule has 0 aromatic carbocycles. The van der Waals surface area contributed by atoms with Crippen LogP contribution in [0.3, 0.4) is 0 Å². The quantitative estimate of drug-likeness (QED) is 0.850. The minimum absolute atomic E-state index is 0.0518. The summed E-state index contributed by atoms with van der Waals surface area (Å²) in [4.78, 5) is 21.0. The van der Waals surface area contributed by atoms with Crippen LogP contribution in [0.15, 0.2) is 16.0 Å². The van der Waals surface area contributed by atoms with Crippen LogP contribution in [0, 0.1) is 13.8 Å². The van der Waals surface area contributed by atoms with E-state index in [-0.39, 0.29) is 5.91 Å². The molecule has 2 aromatic heterocycles. The molecule has 3 rings (SSSR count). The zero-order valence-electron chi connectivity index (χ0n) is 12.2. The van der Waals surface area contributed by atoms with Crippen LogP contribution in [0.1, 0.15) is 28.4 Å². The van der Waals surface area contributed by atoms with E-state index in [4.69, 9.17) is 4.52 Å². The first-order valence-electron chi connectivity index (χ1n) is 7.03. The Kier molecular flexibility index (Phi) is 3.92. The van der Waals surface area contributed by atoms with E-state index in [1.807, 2.05) is 11.8 Å². The number of hydrogen-bond donors (Lipinski definition) is 0. The van der Waals surface area contributed by atoms with E-state index in [1.165, 1.54) is 0 Å². The van der Waals surface area contributed by atoms with E-state index in [0.29, 0.717) is 18.0 Å².